The number of nitrogen functional groups attached to an aromatic ring is 1. The van der Waals surface area contributed by atoms with Gasteiger partial charge in [0.2, 0.25) is 0 Å². The van der Waals surface area contributed by atoms with E-state index in [1.165, 1.54) is 32.5 Å². The van der Waals surface area contributed by atoms with Crippen LogP contribution in [-0.2, 0) is 5.41 Å². The molecule has 1 aliphatic heterocycles. The Morgan fingerprint density at radius 1 is 0.725 bits per heavy atom. The molecule has 0 unspecified atom stereocenters. The summed E-state index contributed by atoms with van der Waals surface area (Å²) < 4.78 is 11.9. The monoisotopic (exact) mass is 528 g/mol. The number of fused-ring (bicyclic) bond motifs is 8. The third kappa shape index (κ3) is 3.63. The van der Waals surface area contributed by atoms with E-state index in [0.717, 1.165) is 40.6 Å². The van der Waals surface area contributed by atoms with Crippen molar-refractivity contribution in [2.24, 2.45) is 0 Å². The Bertz CT molecular complexity index is 1930. The molecule has 0 atom stereocenters. The number of rotatable bonds is 5. The third-order valence-electron chi connectivity index (χ3n) is 8.65. The zero-order chi connectivity index (χ0) is 27.4. The fourth-order valence-corrected chi connectivity index (χ4v) is 6.14. The van der Waals surface area contributed by atoms with Crippen LogP contribution in [0.4, 0.5) is 17.1 Å². The summed E-state index contributed by atoms with van der Waals surface area (Å²) in [4.78, 5) is 10.3. The molecule has 1 aliphatic rings. The van der Waals surface area contributed by atoms with E-state index in [0.29, 0.717) is 30.7 Å². The minimum absolute atomic E-state index is 0.153. The largest absolute Gasteiger partial charge is 0.470 e. The molecule has 1 aromatic heterocycles. The highest BCUT2D eigenvalue weighted by Crippen LogP contribution is 2.50. The van der Waals surface area contributed by atoms with Gasteiger partial charge < -0.3 is 20.5 Å². The first kappa shape index (κ1) is 24.5. The van der Waals surface area contributed by atoms with Crippen LogP contribution in [0.25, 0.3) is 43.4 Å². The minimum Gasteiger partial charge on any atom is -0.470 e. The van der Waals surface area contributed by atoms with Gasteiger partial charge in [-0.1, -0.05) is 69.3 Å². The number of benzene rings is 5. The highest BCUT2D eigenvalue weighted by atomic mass is 16.6. The van der Waals surface area contributed by atoms with Crippen molar-refractivity contribution in [2.45, 2.75) is 39.0 Å². The van der Waals surface area contributed by atoms with E-state index < -0.39 is 0 Å². The van der Waals surface area contributed by atoms with Crippen molar-refractivity contribution in [3.63, 3.8) is 0 Å². The molecule has 0 bridgehead atoms. The highest BCUT2D eigenvalue weighted by Gasteiger charge is 2.33. The summed E-state index contributed by atoms with van der Waals surface area (Å²) in [6.45, 7) is 7.77. The Kier molecular flexibility index (Phi) is 5.66. The number of nitrogens with one attached hydrogen (secondary N) is 1. The minimum atomic E-state index is -0.153. The third-order valence-corrected chi connectivity index (χ3v) is 8.65. The van der Waals surface area contributed by atoms with E-state index in [4.69, 9.17) is 25.2 Å². The topological polar surface area (TPSA) is 82.3 Å². The van der Waals surface area contributed by atoms with E-state index in [1.54, 1.807) is 0 Å². The van der Waals surface area contributed by atoms with Crippen molar-refractivity contribution >= 4 is 60.4 Å². The van der Waals surface area contributed by atoms with Gasteiger partial charge in [-0.25, -0.2) is 9.97 Å². The Hall–Kier alpha value is -4.58. The zero-order valence-corrected chi connectivity index (χ0v) is 23.0. The van der Waals surface area contributed by atoms with Crippen molar-refractivity contribution in [1.82, 2.24) is 9.97 Å². The second-order valence-electron chi connectivity index (χ2n) is 10.8. The Labute approximate surface area is 233 Å². The SMILES string of the molecule is CCC(C)(CC)c1c2nc3c(nc2c(Nc2ccc(N)cc2)c2c4ccccc4c4ccccc4c12)OCCO3. The molecule has 5 aromatic carbocycles. The van der Waals surface area contributed by atoms with Crippen molar-refractivity contribution in [1.29, 1.82) is 0 Å². The average molecular weight is 529 g/mol. The van der Waals surface area contributed by atoms with E-state index in [1.807, 2.05) is 24.3 Å². The van der Waals surface area contributed by atoms with Gasteiger partial charge in [0, 0.05) is 16.8 Å². The number of nitrogens with two attached hydrogens (primary N) is 1. The van der Waals surface area contributed by atoms with Crippen molar-refractivity contribution in [2.75, 3.05) is 24.3 Å². The van der Waals surface area contributed by atoms with Crippen molar-refractivity contribution in [3.8, 4) is 11.8 Å². The number of anilines is 3. The number of hydrogen-bond donors (Lipinski definition) is 2. The van der Waals surface area contributed by atoms with Crippen LogP contribution in [-0.4, -0.2) is 23.2 Å². The van der Waals surface area contributed by atoms with Crippen LogP contribution < -0.4 is 20.5 Å². The lowest BCUT2D eigenvalue weighted by molar-refractivity contribution is 0.158. The first-order valence-corrected chi connectivity index (χ1v) is 14.0. The summed E-state index contributed by atoms with van der Waals surface area (Å²) in [5, 5.41) is 10.9. The van der Waals surface area contributed by atoms with E-state index in [2.05, 4.69) is 74.6 Å². The Morgan fingerprint density at radius 3 is 1.82 bits per heavy atom. The smallest absolute Gasteiger partial charge is 0.278 e. The van der Waals surface area contributed by atoms with Crippen LogP contribution in [0.5, 0.6) is 11.8 Å². The lowest BCUT2D eigenvalue weighted by atomic mass is 9.73. The van der Waals surface area contributed by atoms with Gasteiger partial charge >= 0.3 is 0 Å². The van der Waals surface area contributed by atoms with Crippen LogP contribution in [0.2, 0.25) is 0 Å². The maximum atomic E-state index is 6.03. The molecule has 0 saturated carbocycles. The van der Waals surface area contributed by atoms with Crippen LogP contribution in [0.15, 0.2) is 72.8 Å². The first-order valence-electron chi connectivity index (χ1n) is 14.0. The molecule has 0 radical (unpaired) electrons. The number of ether oxygens (including phenoxy) is 2. The summed E-state index contributed by atoms with van der Waals surface area (Å²) in [5.74, 6) is 0.890. The predicted octanol–water partition coefficient (Wildman–Crippen LogP) is 8.26. The predicted molar refractivity (Wildman–Crippen MR) is 165 cm³/mol. The second kappa shape index (κ2) is 9.26. The first-order chi connectivity index (χ1) is 19.5. The fourth-order valence-electron chi connectivity index (χ4n) is 6.14. The molecule has 7 rings (SSSR count). The molecule has 2 heterocycles. The number of nitrogens with zero attached hydrogens (tertiary/aromatic N) is 2. The van der Waals surface area contributed by atoms with Gasteiger partial charge in [0.1, 0.15) is 18.7 Å². The van der Waals surface area contributed by atoms with E-state index >= 15 is 0 Å². The van der Waals surface area contributed by atoms with Gasteiger partial charge in [0.05, 0.1) is 11.2 Å². The number of aromatic nitrogens is 2. The zero-order valence-electron chi connectivity index (χ0n) is 23.0. The molecule has 6 nitrogen and oxygen atoms in total. The average Bonchev–Trinajstić information content (AvgIpc) is 3.00. The summed E-state index contributed by atoms with van der Waals surface area (Å²) in [6.07, 6.45) is 1.91. The van der Waals surface area contributed by atoms with Gasteiger partial charge in [-0.3, -0.25) is 0 Å². The van der Waals surface area contributed by atoms with E-state index in [-0.39, 0.29) is 5.41 Å². The summed E-state index contributed by atoms with van der Waals surface area (Å²) in [6, 6.07) is 25.2. The molecule has 200 valence electrons. The molecule has 40 heavy (non-hydrogen) atoms. The molecular weight excluding hydrogens is 496 g/mol. The Morgan fingerprint density at radius 2 is 1.25 bits per heavy atom. The Balaban J connectivity index is 1.77. The number of hydrogen-bond acceptors (Lipinski definition) is 6. The normalized spacial score (nSPS) is 13.4. The maximum absolute atomic E-state index is 6.03. The molecule has 6 aromatic rings. The molecule has 6 heteroatoms. The molecule has 0 fully saturated rings. The van der Waals surface area contributed by atoms with Crippen LogP contribution in [0.1, 0.15) is 39.2 Å². The van der Waals surface area contributed by atoms with Crippen molar-refractivity contribution in [3.05, 3.63) is 78.4 Å². The standard InChI is InChI=1S/C34H32N4O2/c1-4-34(3,5-2)28-26-24-12-8-6-10-22(24)23-11-7-9-13-25(23)27(26)29(36-21-16-14-20(35)15-17-21)31-30(28)37-32-33(38-31)40-19-18-39-32/h6-17,36H,4-5,18-19,35H2,1-3H3. The summed E-state index contributed by atoms with van der Waals surface area (Å²) in [7, 11) is 0. The lowest BCUT2D eigenvalue weighted by Crippen LogP contribution is -2.23. The van der Waals surface area contributed by atoms with Gasteiger partial charge in [-0.15, -0.1) is 0 Å². The summed E-state index contributed by atoms with van der Waals surface area (Å²) in [5.41, 5.74) is 11.2. The highest BCUT2D eigenvalue weighted by molar-refractivity contribution is 6.33. The molecule has 3 N–H and O–H groups in total. The van der Waals surface area contributed by atoms with Crippen molar-refractivity contribution < 1.29 is 9.47 Å². The van der Waals surface area contributed by atoms with Gasteiger partial charge in [-0.05, 0) is 75.0 Å². The second-order valence-corrected chi connectivity index (χ2v) is 10.8. The molecule has 0 amide bonds. The molecule has 0 saturated heterocycles. The quantitative estimate of drug-likeness (QED) is 0.133. The lowest BCUT2D eigenvalue weighted by Gasteiger charge is -2.32. The van der Waals surface area contributed by atoms with Crippen LogP contribution >= 0.6 is 0 Å². The molecule has 0 aliphatic carbocycles. The van der Waals surface area contributed by atoms with Gasteiger partial charge in [-0.2, -0.15) is 0 Å². The maximum Gasteiger partial charge on any atom is 0.278 e. The molecule has 0 spiro atoms. The van der Waals surface area contributed by atoms with Gasteiger partial charge in [0.15, 0.2) is 0 Å². The molecular formula is C34H32N4O2. The van der Waals surface area contributed by atoms with E-state index in [9.17, 15) is 0 Å². The summed E-state index contributed by atoms with van der Waals surface area (Å²) >= 11 is 0. The van der Waals surface area contributed by atoms with Crippen LogP contribution in [0, 0.1) is 0 Å². The fraction of sp³-hybridized carbons (Fsp3) is 0.235. The van der Waals surface area contributed by atoms with Gasteiger partial charge in [0.25, 0.3) is 11.8 Å². The van der Waals surface area contributed by atoms with Crippen LogP contribution in [0.3, 0.4) is 0 Å².